The summed E-state index contributed by atoms with van der Waals surface area (Å²) in [6.07, 6.45) is 4.20. The Morgan fingerprint density at radius 2 is 2.13 bits per heavy atom. The first kappa shape index (κ1) is 18.2. The first-order chi connectivity index (χ1) is 11.0. The lowest BCUT2D eigenvalue weighted by Crippen LogP contribution is -2.47. The summed E-state index contributed by atoms with van der Waals surface area (Å²) in [7, 11) is 0. The number of hydrogen-bond acceptors (Lipinski definition) is 2. The van der Waals surface area contributed by atoms with Crippen LogP contribution in [-0.4, -0.2) is 46.0 Å². The van der Waals surface area contributed by atoms with E-state index in [0.717, 1.165) is 30.9 Å². The van der Waals surface area contributed by atoms with Gasteiger partial charge in [-0.25, -0.2) is 0 Å². The van der Waals surface area contributed by atoms with Gasteiger partial charge in [0.25, 0.3) is 0 Å². The molecule has 0 saturated carbocycles. The summed E-state index contributed by atoms with van der Waals surface area (Å²) in [4.78, 5) is 2.41. The van der Waals surface area contributed by atoms with Gasteiger partial charge in [0, 0.05) is 12.6 Å². The van der Waals surface area contributed by atoms with Gasteiger partial charge in [0.1, 0.15) is 5.05 Å². The summed E-state index contributed by atoms with van der Waals surface area (Å²) >= 11 is 0.819. The molecule has 126 valence electrons. The van der Waals surface area contributed by atoms with Gasteiger partial charge in [-0.1, -0.05) is 36.3 Å². The van der Waals surface area contributed by atoms with Crippen molar-refractivity contribution in [2.75, 3.05) is 19.4 Å². The Hall–Kier alpha value is -1.12. The molecule has 0 aromatic heterocycles. The Bertz CT molecular complexity index is 586. The van der Waals surface area contributed by atoms with Crippen LogP contribution in [-0.2, 0) is 11.3 Å². The fourth-order valence-corrected chi connectivity index (χ4v) is 3.14. The summed E-state index contributed by atoms with van der Waals surface area (Å²) in [6, 6.07) is 10.7. The molecule has 0 spiro atoms. The molecule has 0 amide bonds. The number of rotatable bonds is 5. The Morgan fingerprint density at radius 3 is 2.83 bits per heavy atom. The number of hydrogen-bond donors (Lipinski definition) is 2. The van der Waals surface area contributed by atoms with Gasteiger partial charge in [0.05, 0.1) is 18.8 Å². The third kappa shape index (κ3) is 5.47. The van der Waals surface area contributed by atoms with E-state index in [2.05, 4.69) is 42.7 Å². The van der Waals surface area contributed by atoms with E-state index in [0.29, 0.717) is 12.6 Å². The SMILES string of the molecule is C[SH]=C(O)C#CC(C)(C)N1CCC[C@H]1COCc1ccccc1. The minimum Gasteiger partial charge on any atom is -0.375 e. The molecule has 23 heavy (non-hydrogen) atoms. The van der Waals surface area contributed by atoms with E-state index in [1.807, 2.05) is 24.5 Å². The van der Waals surface area contributed by atoms with Crippen molar-refractivity contribution >= 4 is 16.4 Å². The monoisotopic (exact) mass is 333 g/mol. The van der Waals surface area contributed by atoms with E-state index < -0.39 is 0 Å². The normalized spacial score (nSPS) is 19.8. The van der Waals surface area contributed by atoms with Crippen molar-refractivity contribution in [1.29, 1.82) is 0 Å². The lowest BCUT2D eigenvalue weighted by Gasteiger charge is -2.35. The molecule has 2 rings (SSSR count). The van der Waals surface area contributed by atoms with Crippen LogP contribution in [0.4, 0.5) is 0 Å². The minimum atomic E-state index is -0.254. The summed E-state index contributed by atoms with van der Waals surface area (Å²) in [6.45, 7) is 6.65. The Morgan fingerprint density at radius 1 is 1.39 bits per heavy atom. The van der Waals surface area contributed by atoms with Gasteiger partial charge in [0.2, 0.25) is 0 Å². The Labute approximate surface area is 143 Å². The van der Waals surface area contributed by atoms with Crippen molar-refractivity contribution < 1.29 is 9.84 Å². The molecule has 0 radical (unpaired) electrons. The zero-order chi connectivity index (χ0) is 16.7. The fourth-order valence-electron chi connectivity index (χ4n) is 2.97. The highest BCUT2D eigenvalue weighted by Gasteiger charge is 2.34. The largest absolute Gasteiger partial charge is 0.375 e. The van der Waals surface area contributed by atoms with Crippen LogP contribution in [0.5, 0.6) is 0 Å². The van der Waals surface area contributed by atoms with Crippen molar-refractivity contribution in [1.82, 2.24) is 4.90 Å². The number of nitrogens with zero attached hydrogens (tertiary/aromatic N) is 1. The Balaban J connectivity index is 1.92. The minimum absolute atomic E-state index is 0.231. The molecule has 0 unspecified atom stereocenters. The van der Waals surface area contributed by atoms with Crippen LogP contribution in [0, 0.1) is 11.8 Å². The highest BCUT2D eigenvalue weighted by Crippen LogP contribution is 2.26. The molecule has 1 fully saturated rings. The highest BCUT2D eigenvalue weighted by atomic mass is 32.1. The first-order valence-corrected chi connectivity index (χ1v) is 9.44. The molecule has 1 saturated heterocycles. The van der Waals surface area contributed by atoms with Crippen molar-refractivity contribution in [3.8, 4) is 11.8 Å². The lowest BCUT2D eigenvalue weighted by molar-refractivity contribution is 0.0427. The Kier molecular flexibility index (Phi) is 6.86. The second-order valence-corrected chi connectivity index (χ2v) is 7.22. The van der Waals surface area contributed by atoms with E-state index in [4.69, 9.17) is 4.74 Å². The van der Waals surface area contributed by atoms with Gasteiger partial charge in [-0.2, -0.15) is 11.4 Å². The lowest BCUT2D eigenvalue weighted by atomic mass is 10.0. The smallest absolute Gasteiger partial charge is 0.145 e. The maximum absolute atomic E-state index is 9.58. The molecule has 1 aromatic rings. The predicted octanol–water partition coefficient (Wildman–Crippen LogP) is 3.23. The van der Waals surface area contributed by atoms with Gasteiger partial charge < -0.3 is 9.84 Å². The molecule has 4 heteroatoms. The molecular weight excluding hydrogens is 306 g/mol. The maximum Gasteiger partial charge on any atom is 0.145 e. The van der Waals surface area contributed by atoms with Crippen LogP contribution in [0.3, 0.4) is 0 Å². The number of benzene rings is 1. The molecule has 1 aliphatic heterocycles. The van der Waals surface area contributed by atoms with Crippen LogP contribution in [0.2, 0.25) is 0 Å². The molecule has 1 aromatic carbocycles. The topological polar surface area (TPSA) is 32.7 Å². The molecule has 1 heterocycles. The van der Waals surface area contributed by atoms with E-state index in [9.17, 15) is 5.11 Å². The standard InChI is InChI=1S/C19H27NO2S/c1-19(2,12-11-18(21)23-3)20-13-7-10-17(20)15-22-14-16-8-5-4-6-9-16/h4-6,8-9,17,21,23H,7,10,13-15H2,1-3H3/t17-/m0/s1. The summed E-state index contributed by atoms with van der Waals surface area (Å²) in [5, 5.41) is 9.82. The quantitative estimate of drug-likeness (QED) is 0.493. The third-order valence-corrected chi connectivity index (χ3v) is 4.74. The summed E-state index contributed by atoms with van der Waals surface area (Å²) in [5.74, 6) is 6.10. The molecule has 1 aliphatic rings. The molecular formula is C19H27NO2S. The number of aliphatic hydroxyl groups is 1. The van der Waals surface area contributed by atoms with E-state index in [1.165, 1.54) is 12.0 Å². The number of ether oxygens (including phenoxy) is 1. The van der Waals surface area contributed by atoms with E-state index in [1.54, 1.807) is 0 Å². The van der Waals surface area contributed by atoms with Crippen molar-refractivity contribution in [2.45, 2.75) is 44.9 Å². The average Bonchev–Trinajstić information content (AvgIpc) is 3.03. The van der Waals surface area contributed by atoms with Crippen molar-refractivity contribution in [3.05, 3.63) is 35.9 Å². The number of thiol groups is 1. The van der Waals surface area contributed by atoms with Crippen molar-refractivity contribution in [3.63, 3.8) is 0 Å². The van der Waals surface area contributed by atoms with Crippen LogP contribution < -0.4 is 0 Å². The second kappa shape index (κ2) is 8.65. The zero-order valence-electron chi connectivity index (χ0n) is 14.2. The molecule has 0 bridgehead atoms. The fraction of sp³-hybridized carbons (Fsp3) is 0.526. The predicted molar refractivity (Wildman–Crippen MR) is 100 cm³/mol. The van der Waals surface area contributed by atoms with Gasteiger partial charge in [0.15, 0.2) is 0 Å². The molecule has 1 N–H and O–H groups in total. The van der Waals surface area contributed by atoms with Crippen LogP contribution in [0.15, 0.2) is 30.3 Å². The van der Waals surface area contributed by atoms with Gasteiger partial charge >= 0.3 is 0 Å². The molecule has 1 atom stereocenters. The number of likely N-dealkylation sites (tertiary alicyclic amines) is 1. The van der Waals surface area contributed by atoms with Gasteiger partial charge in [-0.3, -0.25) is 4.90 Å². The maximum atomic E-state index is 9.58. The van der Waals surface area contributed by atoms with Gasteiger partial charge in [-0.15, -0.1) is 0 Å². The third-order valence-electron chi connectivity index (χ3n) is 4.21. The van der Waals surface area contributed by atoms with E-state index in [-0.39, 0.29) is 10.6 Å². The highest BCUT2D eigenvalue weighted by molar-refractivity contribution is 7.98. The van der Waals surface area contributed by atoms with Gasteiger partial charge in [-0.05, 0) is 44.4 Å². The average molecular weight is 333 g/mol. The van der Waals surface area contributed by atoms with E-state index >= 15 is 0 Å². The second-order valence-electron chi connectivity index (χ2n) is 6.35. The van der Waals surface area contributed by atoms with Crippen LogP contribution in [0.25, 0.3) is 0 Å². The summed E-state index contributed by atoms with van der Waals surface area (Å²) < 4.78 is 5.93. The van der Waals surface area contributed by atoms with Crippen LogP contribution in [0.1, 0.15) is 32.3 Å². The molecule has 3 nitrogen and oxygen atoms in total. The summed E-state index contributed by atoms with van der Waals surface area (Å²) in [5.41, 5.74) is 0.952. The van der Waals surface area contributed by atoms with Crippen LogP contribution >= 0.6 is 11.4 Å². The first-order valence-electron chi connectivity index (χ1n) is 8.10. The zero-order valence-corrected chi connectivity index (χ0v) is 15.1. The number of aliphatic hydroxyl groups excluding tert-OH is 1. The molecule has 0 aliphatic carbocycles. The van der Waals surface area contributed by atoms with Crippen molar-refractivity contribution in [2.24, 2.45) is 0 Å².